The van der Waals surface area contributed by atoms with Crippen molar-refractivity contribution in [3.8, 4) is 0 Å². The van der Waals surface area contributed by atoms with Gasteiger partial charge in [-0.25, -0.2) is 24.5 Å². The molecule has 0 aromatic carbocycles. The Bertz CT molecular complexity index is 1590. The minimum absolute atomic E-state index is 0.0672. The molecule has 11 nitrogen and oxygen atoms in total. The first-order valence-electron chi connectivity index (χ1n) is 19.5. The first-order valence-corrected chi connectivity index (χ1v) is 19.5. The molecule has 2 saturated carbocycles. The highest BCUT2D eigenvalue weighted by atomic mass is 19.4. The van der Waals surface area contributed by atoms with E-state index in [4.69, 9.17) is 48.0 Å². The lowest BCUT2D eigenvalue weighted by atomic mass is 9.56. The van der Waals surface area contributed by atoms with Gasteiger partial charge >= 0.3 is 12.4 Å². The van der Waals surface area contributed by atoms with Crippen molar-refractivity contribution in [2.45, 2.75) is 146 Å². The molecular weight excluding hydrogens is 744 g/mol. The second-order valence-corrected chi connectivity index (χ2v) is 17.3. The molecule has 0 N–H and O–H groups in total. The van der Waals surface area contributed by atoms with Crippen LogP contribution >= 0.6 is 0 Å². The van der Waals surface area contributed by atoms with E-state index in [1.54, 1.807) is 13.8 Å². The minimum Gasteiger partial charge on any atom is -0.477 e. The predicted molar refractivity (Wildman–Crippen MR) is 178 cm³/mol. The molecule has 0 unspecified atom stereocenters. The molecule has 0 aromatic rings. The largest absolute Gasteiger partial charge is 0.477 e. The average Bonchev–Trinajstić information content (AvgIpc) is 3.48. The summed E-state index contributed by atoms with van der Waals surface area (Å²) in [5, 5.41) is 0. The quantitative estimate of drug-likeness (QED) is 0.0626. The van der Waals surface area contributed by atoms with E-state index in [9.17, 15) is 13.2 Å². The maximum atomic E-state index is 15.2. The van der Waals surface area contributed by atoms with Crippen molar-refractivity contribution >= 4 is 5.90 Å². The van der Waals surface area contributed by atoms with Crippen molar-refractivity contribution in [3.63, 3.8) is 0 Å². The Morgan fingerprint density at radius 2 is 1.35 bits per heavy atom. The molecule has 9 fully saturated rings. The first kappa shape index (κ1) is 39.8. The highest BCUT2D eigenvalue weighted by molar-refractivity contribution is 5.73. The van der Waals surface area contributed by atoms with Crippen LogP contribution in [-0.4, -0.2) is 79.2 Å². The van der Waals surface area contributed by atoms with Gasteiger partial charge in [-0.05, 0) is 76.2 Å². The van der Waals surface area contributed by atoms with Gasteiger partial charge in [0.1, 0.15) is 6.61 Å². The Balaban J connectivity index is 0.946. The molecule has 10 aliphatic rings. The van der Waals surface area contributed by atoms with Crippen molar-refractivity contribution in [3.05, 3.63) is 23.5 Å². The minimum atomic E-state index is -4.93. The maximum absolute atomic E-state index is 15.2. The van der Waals surface area contributed by atoms with Gasteiger partial charge < -0.3 is 28.4 Å². The van der Waals surface area contributed by atoms with Crippen LogP contribution in [0.3, 0.4) is 0 Å². The van der Waals surface area contributed by atoms with Gasteiger partial charge in [-0.3, -0.25) is 0 Å². The van der Waals surface area contributed by atoms with Crippen molar-refractivity contribution in [2.75, 3.05) is 19.8 Å². The molecule has 0 radical (unpaired) electrons. The monoisotopic (exact) mass is 795 g/mol. The highest BCUT2D eigenvalue weighted by Gasteiger charge is 2.77. The zero-order valence-electron chi connectivity index (χ0n) is 31.9. The van der Waals surface area contributed by atoms with E-state index in [0.29, 0.717) is 51.4 Å². The van der Waals surface area contributed by atoms with Gasteiger partial charge in [0.05, 0.1) is 13.2 Å². The summed E-state index contributed by atoms with van der Waals surface area (Å²) in [4.78, 5) is 27.5. The van der Waals surface area contributed by atoms with Gasteiger partial charge in [0.2, 0.25) is 23.6 Å². The van der Waals surface area contributed by atoms with Gasteiger partial charge in [0.25, 0.3) is 5.72 Å². The topological polar surface area (TPSA) is 105 Å². The lowest BCUT2D eigenvalue weighted by molar-refractivity contribution is -0.583. The molecule has 2 spiro atoms. The third-order valence-electron chi connectivity index (χ3n) is 14.0. The molecule has 8 aliphatic heterocycles. The zero-order valence-corrected chi connectivity index (χ0v) is 31.9. The molecule has 310 valence electrons. The molecule has 4 bridgehead atoms. The first-order chi connectivity index (χ1) is 25.8. The molecule has 2 aliphatic carbocycles. The summed E-state index contributed by atoms with van der Waals surface area (Å²) in [6.45, 7) is 9.51. The van der Waals surface area contributed by atoms with Crippen molar-refractivity contribution in [2.24, 2.45) is 46.4 Å². The fourth-order valence-corrected chi connectivity index (χ4v) is 11.2. The second kappa shape index (κ2) is 13.5. The van der Waals surface area contributed by atoms with Gasteiger partial charge in [-0.1, -0.05) is 26.8 Å². The number of hydrogen-bond acceptors (Lipinski definition) is 11. The summed E-state index contributed by atoms with van der Waals surface area (Å²) in [5.41, 5.74) is -5.51. The number of aliphatic imine (C=N–C) groups is 1. The molecule has 8 heterocycles. The summed E-state index contributed by atoms with van der Waals surface area (Å²) in [6.07, 6.45) is -4.95. The standard InChI is InChI=1S/C38H51F6NO10/c1-20-9-11-27-22(3)36(38(42,43)44,51-31-34(27)25(20)13-16-33(6,50-31)53-54-34)45-23(4)47-18-8-7-17-46-19-24-28-12-10-21(2)26-14-15-32(5)49-30(35(26,28)55-52-32)48-29(24)37(39,40)41/h7-8,20-22,25-28,30-31H,9-19H2,1-6H3/b8-7+,45-23?/t20-,21-,22-,25+,26+,27+,28+,30-,31+,32+,33+,34-,35-,36-/m1/s1. The molecule has 7 saturated heterocycles. The molecule has 55 heavy (non-hydrogen) atoms. The zero-order chi connectivity index (χ0) is 39.4. The van der Waals surface area contributed by atoms with Crippen LogP contribution in [0.1, 0.15) is 92.9 Å². The van der Waals surface area contributed by atoms with E-state index in [2.05, 4.69) is 18.8 Å². The molecule has 0 amide bonds. The Morgan fingerprint density at radius 3 is 2.00 bits per heavy atom. The fraction of sp³-hybridized carbons (Fsp3) is 0.868. The van der Waals surface area contributed by atoms with Crippen molar-refractivity contribution in [1.82, 2.24) is 0 Å². The molecule has 14 atom stereocenters. The summed E-state index contributed by atoms with van der Waals surface area (Å²) in [7, 11) is 0. The number of alkyl halides is 6. The SMILES string of the molecule is CC(=N[C@@]1(C(F)(F)F)O[C@@H]2O[C@]3(C)CC[C@H]4[C@H](C)CC[C@@H]([C@H]1C)[C@@]24OO3)OC/C=C/COCC1=C(C(F)(F)F)O[C@@H]2O[C@]3(C)CC[C@H]4[C@H](C)CC[C@@H]1[C@@]24OO3. The van der Waals surface area contributed by atoms with Crippen LogP contribution in [0.25, 0.3) is 0 Å². The number of nitrogens with zero attached hydrogens (tertiary/aromatic N) is 1. The average molecular weight is 796 g/mol. The fourth-order valence-electron chi connectivity index (χ4n) is 11.2. The maximum Gasteiger partial charge on any atom is 0.449 e. The molecule has 17 heteroatoms. The van der Waals surface area contributed by atoms with Crippen LogP contribution < -0.4 is 0 Å². The number of allylic oxidation sites excluding steroid dienone is 1. The number of ether oxygens (including phenoxy) is 6. The van der Waals surface area contributed by atoms with Crippen LogP contribution in [0.15, 0.2) is 28.5 Å². The summed E-state index contributed by atoms with van der Waals surface area (Å²) >= 11 is 0. The van der Waals surface area contributed by atoms with Crippen LogP contribution in [-0.2, 0) is 48.0 Å². The van der Waals surface area contributed by atoms with Gasteiger partial charge in [-0.2, -0.15) is 26.3 Å². The van der Waals surface area contributed by atoms with E-state index in [1.165, 1.54) is 26.0 Å². The summed E-state index contributed by atoms with van der Waals surface area (Å²) in [6, 6.07) is 0. The third-order valence-corrected chi connectivity index (χ3v) is 14.0. The summed E-state index contributed by atoms with van der Waals surface area (Å²) in [5.74, 6) is -6.40. The lowest BCUT2D eigenvalue weighted by Gasteiger charge is -2.62. The predicted octanol–water partition coefficient (Wildman–Crippen LogP) is 8.20. The highest BCUT2D eigenvalue weighted by Crippen LogP contribution is 2.65. The van der Waals surface area contributed by atoms with Crippen LogP contribution in [0, 0.1) is 41.4 Å². The van der Waals surface area contributed by atoms with E-state index in [1.807, 2.05) is 0 Å². The number of halogens is 6. The van der Waals surface area contributed by atoms with Gasteiger partial charge in [0, 0.05) is 49.0 Å². The number of fused-ring (bicyclic) bond motifs is 4. The van der Waals surface area contributed by atoms with Crippen LogP contribution in [0.5, 0.6) is 0 Å². The summed E-state index contributed by atoms with van der Waals surface area (Å²) < 4.78 is 124. The van der Waals surface area contributed by atoms with Crippen LogP contribution in [0.2, 0.25) is 0 Å². The van der Waals surface area contributed by atoms with E-state index in [-0.39, 0.29) is 48.4 Å². The molecule has 0 aromatic heterocycles. The number of rotatable bonds is 7. The Hall–Kier alpha value is -1.99. The number of hydrogen-bond donors (Lipinski definition) is 0. The van der Waals surface area contributed by atoms with E-state index >= 15 is 13.2 Å². The Labute approximate surface area is 316 Å². The van der Waals surface area contributed by atoms with E-state index < -0.39 is 83.6 Å². The second-order valence-electron chi connectivity index (χ2n) is 17.3. The smallest absolute Gasteiger partial charge is 0.449 e. The normalized spacial score (nSPS) is 48.2. The third kappa shape index (κ3) is 6.19. The van der Waals surface area contributed by atoms with Gasteiger partial charge in [-0.15, -0.1) is 0 Å². The Kier molecular flexibility index (Phi) is 9.80. The Morgan fingerprint density at radius 1 is 0.745 bits per heavy atom. The van der Waals surface area contributed by atoms with Crippen molar-refractivity contribution < 1.29 is 74.3 Å². The lowest BCUT2D eigenvalue weighted by Crippen LogP contribution is -2.75. The van der Waals surface area contributed by atoms with E-state index in [0.717, 1.165) is 0 Å². The molecular formula is C38H51F6NO10. The van der Waals surface area contributed by atoms with Crippen LogP contribution in [0.4, 0.5) is 26.3 Å². The van der Waals surface area contributed by atoms with Gasteiger partial charge in [0.15, 0.2) is 23.4 Å². The van der Waals surface area contributed by atoms with Crippen molar-refractivity contribution in [1.29, 1.82) is 0 Å². The molecule has 10 rings (SSSR count).